The molecular weight excluding hydrogens is 314 g/mol. The number of pyridine rings is 1. The van der Waals surface area contributed by atoms with Crippen molar-refractivity contribution in [3.8, 4) is 6.07 Å². The average molecular weight is 321 g/mol. The number of nitriles is 1. The molecule has 0 saturated carbocycles. The summed E-state index contributed by atoms with van der Waals surface area (Å²) >= 11 is 12.1. The lowest BCUT2D eigenvalue weighted by molar-refractivity contribution is 0.628. The van der Waals surface area contributed by atoms with Crippen LogP contribution in [0.3, 0.4) is 0 Å². The number of aromatic nitrogens is 3. The zero-order valence-electron chi connectivity index (χ0n) is 10.5. The molecule has 2 heterocycles. The van der Waals surface area contributed by atoms with Gasteiger partial charge in [-0.05, 0) is 35.9 Å². The molecule has 21 heavy (non-hydrogen) atoms. The zero-order chi connectivity index (χ0) is 15.0. The third kappa shape index (κ3) is 2.56. The van der Waals surface area contributed by atoms with Crippen LogP contribution in [0.5, 0.6) is 0 Å². The fourth-order valence-corrected chi connectivity index (χ4v) is 2.50. The van der Waals surface area contributed by atoms with Gasteiger partial charge in [0.05, 0.1) is 28.3 Å². The summed E-state index contributed by atoms with van der Waals surface area (Å²) in [5.41, 5.74) is 2.08. The first-order valence-electron chi connectivity index (χ1n) is 5.94. The van der Waals surface area contributed by atoms with E-state index in [-0.39, 0.29) is 10.3 Å². The molecule has 3 rings (SSSR count). The standard InChI is InChI=1S/C14H7Cl2FN4/c15-11-3-9(17)4-12-13(11)20-14(16)21(12)7-10-2-1-8(5-18)6-19-10/h1-4,6H,7H2. The molecule has 1 aromatic carbocycles. The molecule has 7 heteroatoms. The number of fused-ring (bicyclic) bond motifs is 1. The molecule has 0 fully saturated rings. The van der Waals surface area contributed by atoms with Gasteiger partial charge in [0.1, 0.15) is 17.4 Å². The third-order valence-corrected chi connectivity index (χ3v) is 3.58. The van der Waals surface area contributed by atoms with Gasteiger partial charge in [-0.2, -0.15) is 5.26 Å². The van der Waals surface area contributed by atoms with Gasteiger partial charge in [-0.1, -0.05) is 11.6 Å². The van der Waals surface area contributed by atoms with Crippen LogP contribution in [0.1, 0.15) is 11.3 Å². The molecule has 0 aliphatic rings. The number of hydrogen-bond donors (Lipinski definition) is 0. The molecule has 4 nitrogen and oxygen atoms in total. The first kappa shape index (κ1) is 13.8. The Labute approximate surface area is 129 Å². The molecule has 0 N–H and O–H groups in total. The van der Waals surface area contributed by atoms with Gasteiger partial charge in [0.2, 0.25) is 5.28 Å². The van der Waals surface area contributed by atoms with Crippen LogP contribution in [0.2, 0.25) is 10.3 Å². The number of rotatable bonds is 2. The molecule has 0 spiro atoms. The second-order valence-electron chi connectivity index (χ2n) is 4.37. The van der Waals surface area contributed by atoms with Gasteiger partial charge in [-0.25, -0.2) is 9.37 Å². The van der Waals surface area contributed by atoms with Gasteiger partial charge in [0.15, 0.2) is 0 Å². The Kier molecular flexibility index (Phi) is 3.50. The molecule has 0 saturated heterocycles. The molecule has 2 aromatic heterocycles. The highest BCUT2D eigenvalue weighted by molar-refractivity contribution is 6.35. The zero-order valence-corrected chi connectivity index (χ0v) is 12.0. The quantitative estimate of drug-likeness (QED) is 0.721. The van der Waals surface area contributed by atoms with Gasteiger partial charge in [0, 0.05) is 6.20 Å². The summed E-state index contributed by atoms with van der Waals surface area (Å²) in [4.78, 5) is 8.29. The largest absolute Gasteiger partial charge is 0.308 e. The summed E-state index contributed by atoms with van der Waals surface area (Å²) in [5, 5.41) is 9.15. The van der Waals surface area contributed by atoms with Crippen LogP contribution in [0.15, 0.2) is 30.5 Å². The number of imidazole rings is 1. The molecule has 104 valence electrons. The Morgan fingerprint density at radius 1 is 1.29 bits per heavy atom. The van der Waals surface area contributed by atoms with Gasteiger partial charge >= 0.3 is 0 Å². The van der Waals surface area contributed by atoms with Crippen LogP contribution in [0.4, 0.5) is 4.39 Å². The minimum atomic E-state index is -0.460. The molecular formula is C14H7Cl2FN4. The van der Waals surface area contributed by atoms with Crippen molar-refractivity contribution in [2.45, 2.75) is 6.54 Å². The lowest BCUT2D eigenvalue weighted by atomic mass is 10.2. The van der Waals surface area contributed by atoms with Crippen LogP contribution in [-0.4, -0.2) is 14.5 Å². The highest BCUT2D eigenvalue weighted by Gasteiger charge is 2.14. The number of benzene rings is 1. The molecule has 0 radical (unpaired) electrons. The molecule has 0 atom stereocenters. The number of halogens is 3. The van der Waals surface area contributed by atoms with Crippen molar-refractivity contribution in [2.75, 3.05) is 0 Å². The lowest BCUT2D eigenvalue weighted by Crippen LogP contribution is -2.02. The van der Waals surface area contributed by atoms with Crippen LogP contribution in [-0.2, 0) is 6.54 Å². The van der Waals surface area contributed by atoms with Gasteiger partial charge in [-0.15, -0.1) is 0 Å². The van der Waals surface area contributed by atoms with E-state index in [1.807, 2.05) is 6.07 Å². The Hall–Kier alpha value is -2.16. The predicted molar refractivity (Wildman–Crippen MR) is 77.8 cm³/mol. The first-order chi connectivity index (χ1) is 10.1. The van der Waals surface area contributed by atoms with E-state index in [1.165, 1.54) is 18.3 Å². The van der Waals surface area contributed by atoms with E-state index in [1.54, 1.807) is 16.7 Å². The van der Waals surface area contributed by atoms with E-state index in [2.05, 4.69) is 9.97 Å². The summed E-state index contributed by atoms with van der Waals surface area (Å²) in [6.45, 7) is 0.306. The van der Waals surface area contributed by atoms with Crippen molar-refractivity contribution in [1.29, 1.82) is 5.26 Å². The maximum atomic E-state index is 13.5. The number of nitrogens with zero attached hydrogens (tertiary/aromatic N) is 4. The Balaban J connectivity index is 2.07. The van der Waals surface area contributed by atoms with Crippen molar-refractivity contribution in [1.82, 2.24) is 14.5 Å². The topological polar surface area (TPSA) is 54.5 Å². The Morgan fingerprint density at radius 2 is 2.10 bits per heavy atom. The highest BCUT2D eigenvalue weighted by Crippen LogP contribution is 2.28. The van der Waals surface area contributed by atoms with Gasteiger partial charge < -0.3 is 4.57 Å². The summed E-state index contributed by atoms with van der Waals surface area (Å²) < 4.78 is 15.1. The molecule has 0 aliphatic heterocycles. The van der Waals surface area contributed by atoms with Crippen molar-refractivity contribution in [3.63, 3.8) is 0 Å². The second kappa shape index (κ2) is 5.32. The van der Waals surface area contributed by atoms with Crippen molar-refractivity contribution >= 4 is 34.2 Å². The average Bonchev–Trinajstić information content (AvgIpc) is 2.77. The van der Waals surface area contributed by atoms with E-state index >= 15 is 0 Å². The summed E-state index contributed by atoms with van der Waals surface area (Å²) in [6.07, 6.45) is 1.47. The van der Waals surface area contributed by atoms with Crippen molar-refractivity contribution < 1.29 is 4.39 Å². The minimum Gasteiger partial charge on any atom is -0.308 e. The van der Waals surface area contributed by atoms with Crippen LogP contribution < -0.4 is 0 Å². The van der Waals surface area contributed by atoms with E-state index in [0.29, 0.717) is 28.8 Å². The summed E-state index contributed by atoms with van der Waals surface area (Å²) in [6, 6.07) is 7.87. The van der Waals surface area contributed by atoms with Crippen LogP contribution in [0, 0.1) is 17.1 Å². The predicted octanol–water partition coefficient (Wildman–Crippen LogP) is 3.80. The fourth-order valence-electron chi connectivity index (χ4n) is 2.02. The van der Waals surface area contributed by atoms with Crippen LogP contribution >= 0.6 is 23.2 Å². The summed E-state index contributed by atoms with van der Waals surface area (Å²) in [5.74, 6) is -0.460. The maximum Gasteiger partial charge on any atom is 0.204 e. The summed E-state index contributed by atoms with van der Waals surface area (Å²) in [7, 11) is 0. The highest BCUT2D eigenvalue weighted by atomic mass is 35.5. The monoisotopic (exact) mass is 320 g/mol. The molecule has 0 bridgehead atoms. The molecule has 0 unspecified atom stereocenters. The smallest absolute Gasteiger partial charge is 0.204 e. The molecule has 3 aromatic rings. The van der Waals surface area contributed by atoms with Gasteiger partial charge in [0.25, 0.3) is 0 Å². The second-order valence-corrected chi connectivity index (χ2v) is 5.12. The number of hydrogen-bond acceptors (Lipinski definition) is 3. The van der Waals surface area contributed by atoms with E-state index in [9.17, 15) is 4.39 Å². The van der Waals surface area contributed by atoms with E-state index < -0.39 is 5.82 Å². The van der Waals surface area contributed by atoms with Crippen molar-refractivity contribution in [2.24, 2.45) is 0 Å². The van der Waals surface area contributed by atoms with E-state index in [0.717, 1.165) is 0 Å². The van der Waals surface area contributed by atoms with Crippen molar-refractivity contribution in [3.05, 3.63) is 57.8 Å². The fraction of sp³-hybridized carbons (Fsp3) is 0.0714. The SMILES string of the molecule is N#Cc1ccc(Cn2c(Cl)nc3c(Cl)cc(F)cc32)nc1. The third-order valence-electron chi connectivity index (χ3n) is 3.00. The Morgan fingerprint density at radius 3 is 2.76 bits per heavy atom. The maximum absolute atomic E-state index is 13.5. The first-order valence-corrected chi connectivity index (χ1v) is 6.70. The Bertz CT molecular complexity index is 865. The van der Waals surface area contributed by atoms with Crippen LogP contribution in [0.25, 0.3) is 11.0 Å². The van der Waals surface area contributed by atoms with Gasteiger partial charge in [-0.3, -0.25) is 4.98 Å². The lowest BCUT2D eigenvalue weighted by Gasteiger charge is -2.05. The molecule has 0 amide bonds. The minimum absolute atomic E-state index is 0.198. The molecule has 0 aliphatic carbocycles. The normalized spacial score (nSPS) is 10.8. The van der Waals surface area contributed by atoms with E-state index in [4.69, 9.17) is 28.5 Å².